The number of morpholine rings is 1. The molecule has 1 saturated heterocycles. The number of hydrogen-bond acceptors (Lipinski definition) is 4. The number of β-amino-alcohol motifs (C(OH)–C–C–N with tert-alkyl or cyclic N) is 1. The molecule has 4 nitrogen and oxygen atoms in total. The molecule has 1 atom stereocenters. The van der Waals surface area contributed by atoms with E-state index < -0.39 is 17.7 Å². The van der Waals surface area contributed by atoms with E-state index in [1.54, 1.807) is 6.92 Å². The smallest absolute Gasteiger partial charge is 0.152 e. The van der Waals surface area contributed by atoms with Crippen LogP contribution in [-0.2, 0) is 4.74 Å². The van der Waals surface area contributed by atoms with E-state index in [9.17, 15) is 13.9 Å². The SMILES string of the molecule is Cc1ccc(F)c(NCC(O)CN2CCOCC2)c1F. The van der Waals surface area contributed by atoms with Crippen molar-refractivity contribution >= 4 is 5.69 Å². The van der Waals surface area contributed by atoms with E-state index in [-0.39, 0.29) is 12.2 Å². The molecular weight excluding hydrogens is 266 g/mol. The number of aliphatic hydroxyl groups excluding tert-OH is 1. The topological polar surface area (TPSA) is 44.7 Å². The van der Waals surface area contributed by atoms with Crippen LogP contribution in [0.3, 0.4) is 0 Å². The highest BCUT2D eigenvalue weighted by molar-refractivity contribution is 5.48. The summed E-state index contributed by atoms with van der Waals surface area (Å²) < 4.78 is 32.5. The van der Waals surface area contributed by atoms with Gasteiger partial charge in [-0.05, 0) is 18.6 Å². The molecule has 1 fully saturated rings. The van der Waals surface area contributed by atoms with Gasteiger partial charge in [0.15, 0.2) is 5.82 Å². The van der Waals surface area contributed by atoms with E-state index in [4.69, 9.17) is 4.74 Å². The average molecular weight is 286 g/mol. The fourth-order valence-corrected chi connectivity index (χ4v) is 2.18. The molecule has 0 saturated carbocycles. The van der Waals surface area contributed by atoms with Gasteiger partial charge in [0.25, 0.3) is 0 Å². The van der Waals surface area contributed by atoms with E-state index in [2.05, 4.69) is 10.2 Å². The Bertz CT molecular complexity index is 451. The second-order valence-electron chi connectivity index (χ2n) is 5.00. The first-order valence-electron chi connectivity index (χ1n) is 6.74. The molecule has 112 valence electrons. The van der Waals surface area contributed by atoms with Crippen molar-refractivity contribution in [2.45, 2.75) is 13.0 Å². The number of rotatable bonds is 5. The van der Waals surface area contributed by atoms with Crippen LogP contribution in [0.5, 0.6) is 0 Å². The zero-order valence-electron chi connectivity index (χ0n) is 11.5. The third-order valence-electron chi connectivity index (χ3n) is 3.37. The standard InChI is InChI=1S/C14H20F2N2O2/c1-10-2-3-12(15)14(13(10)16)17-8-11(19)9-18-4-6-20-7-5-18/h2-3,11,17,19H,4-9H2,1H3. The third kappa shape index (κ3) is 3.88. The lowest BCUT2D eigenvalue weighted by Gasteiger charge is -2.28. The first-order chi connectivity index (χ1) is 9.58. The predicted molar refractivity (Wildman–Crippen MR) is 72.9 cm³/mol. The number of anilines is 1. The van der Waals surface area contributed by atoms with Crippen molar-refractivity contribution in [3.05, 3.63) is 29.3 Å². The number of aliphatic hydroxyl groups is 1. The summed E-state index contributed by atoms with van der Waals surface area (Å²) in [6.07, 6.45) is -0.688. The first-order valence-corrected chi connectivity index (χ1v) is 6.74. The van der Waals surface area contributed by atoms with Gasteiger partial charge in [-0.3, -0.25) is 4.90 Å². The van der Waals surface area contributed by atoms with Crippen molar-refractivity contribution in [3.63, 3.8) is 0 Å². The Labute approximate surface area is 117 Å². The van der Waals surface area contributed by atoms with Gasteiger partial charge < -0.3 is 15.2 Å². The van der Waals surface area contributed by atoms with Gasteiger partial charge >= 0.3 is 0 Å². The van der Waals surface area contributed by atoms with Crippen molar-refractivity contribution < 1.29 is 18.6 Å². The Morgan fingerprint density at radius 1 is 1.35 bits per heavy atom. The maximum absolute atomic E-state index is 13.8. The molecule has 0 radical (unpaired) electrons. The van der Waals surface area contributed by atoms with Crippen LogP contribution in [0.15, 0.2) is 12.1 Å². The zero-order valence-corrected chi connectivity index (χ0v) is 11.5. The Kier molecular flexibility index (Phi) is 5.28. The largest absolute Gasteiger partial charge is 0.390 e. The molecule has 1 aliphatic rings. The lowest BCUT2D eigenvalue weighted by atomic mass is 10.2. The third-order valence-corrected chi connectivity index (χ3v) is 3.37. The van der Waals surface area contributed by atoms with Crippen LogP contribution in [0.4, 0.5) is 14.5 Å². The average Bonchev–Trinajstić information content (AvgIpc) is 2.44. The molecule has 6 heteroatoms. The summed E-state index contributed by atoms with van der Waals surface area (Å²) in [4.78, 5) is 2.07. The van der Waals surface area contributed by atoms with E-state index in [1.807, 2.05) is 0 Å². The summed E-state index contributed by atoms with van der Waals surface area (Å²) in [6.45, 7) is 4.99. The molecule has 0 bridgehead atoms. The monoisotopic (exact) mass is 286 g/mol. The fraction of sp³-hybridized carbons (Fsp3) is 0.571. The molecule has 2 N–H and O–H groups in total. The van der Waals surface area contributed by atoms with E-state index >= 15 is 0 Å². The Balaban J connectivity index is 1.86. The van der Waals surface area contributed by atoms with Crippen LogP contribution in [0.25, 0.3) is 0 Å². The molecule has 1 aromatic rings. The number of benzene rings is 1. The molecular formula is C14H20F2N2O2. The van der Waals surface area contributed by atoms with Crippen LogP contribution in [0.1, 0.15) is 5.56 Å². The number of nitrogens with zero attached hydrogens (tertiary/aromatic N) is 1. The first kappa shape index (κ1) is 15.2. The van der Waals surface area contributed by atoms with Crippen LogP contribution < -0.4 is 5.32 Å². The number of nitrogens with one attached hydrogen (secondary N) is 1. The quantitative estimate of drug-likeness (QED) is 0.858. The fourth-order valence-electron chi connectivity index (χ4n) is 2.18. The number of hydrogen-bond donors (Lipinski definition) is 2. The lowest BCUT2D eigenvalue weighted by Crippen LogP contribution is -2.42. The summed E-state index contributed by atoms with van der Waals surface area (Å²) >= 11 is 0. The van der Waals surface area contributed by atoms with Gasteiger partial charge in [-0.25, -0.2) is 8.78 Å². The summed E-state index contributed by atoms with van der Waals surface area (Å²) in [5, 5.41) is 12.6. The second kappa shape index (κ2) is 6.97. The minimum absolute atomic E-state index is 0.106. The normalized spacial score (nSPS) is 18.0. The maximum atomic E-state index is 13.8. The van der Waals surface area contributed by atoms with E-state index in [0.717, 1.165) is 13.1 Å². The van der Waals surface area contributed by atoms with Crippen LogP contribution in [0.2, 0.25) is 0 Å². The van der Waals surface area contributed by atoms with Crippen LogP contribution >= 0.6 is 0 Å². The summed E-state index contributed by atoms with van der Waals surface area (Å²) in [5.41, 5.74) is 0.197. The predicted octanol–water partition coefficient (Wildman–Crippen LogP) is 1.38. The Hall–Kier alpha value is -1.24. The van der Waals surface area contributed by atoms with Crippen molar-refractivity contribution in [3.8, 4) is 0 Å². The van der Waals surface area contributed by atoms with Gasteiger partial charge in [-0.2, -0.15) is 0 Å². The minimum Gasteiger partial charge on any atom is -0.390 e. The van der Waals surface area contributed by atoms with Crippen molar-refractivity contribution in [1.82, 2.24) is 4.90 Å². The lowest BCUT2D eigenvalue weighted by molar-refractivity contribution is 0.0171. The van der Waals surface area contributed by atoms with Crippen LogP contribution in [0, 0.1) is 18.6 Å². The summed E-state index contributed by atoms with van der Waals surface area (Å²) in [5.74, 6) is -1.25. The van der Waals surface area contributed by atoms with Crippen molar-refractivity contribution in [2.24, 2.45) is 0 Å². The molecule has 20 heavy (non-hydrogen) atoms. The van der Waals surface area contributed by atoms with Crippen molar-refractivity contribution in [1.29, 1.82) is 0 Å². The minimum atomic E-state index is -0.688. The van der Waals surface area contributed by atoms with Gasteiger partial charge in [0, 0.05) is 26.2 Å². The molecule has 0 aliphatic carbocycles. The molecule has 1 aliphatic heterocycles. The molecule has 0 aromatic heterocycles. The van der Waals surface area contributed by atoms with Crippen molar-refractivity contribution in [2.75, 3.05) is 44.7 Å². The second-order valence-corrected chi connectivity index (χ2v) is 5.00. The highest BCUT2D eigenvalue weighted by Crippen LogP contribution is 2.21. The van der Waals surface area contributed by atoms with Gasteiger partial charge in [0.1, 0.15) is 11.5 Å². The van der Waals surface area contributed by atoms with E-state index in [1.165, 1.54) is 12.1 Å². The Morgan fingerprint density at radius 2 is 2.05 bits per heavy atom. The molecule has 2 rings (SSSR count). The highest BCUT2D eigenvalue weighted by atomic mass is 19.1. The zero-order chi connectivity index (χ0) is 14.5. The Morgan fingerprint density at radius 3 is 2.75 bits per heavy atom. The van der Waals surface area contributed by atoms with Gasteiger partial charge in [0.2, 0.25) is 0 Å². The van der Waals surface area contributed by atoms with E-state index in [0.29, 0.717) is 25.3 Å². The molecule has 1 heterocycles. The molecule has 0 amide bonds. The number of ether oxygens (including phenoxy) is 1. The molecule has 0 spiro atoms. The maximum Gasteiger partial charge on any atom is 0.152 e. The number of halogens is 2. The number of aryl methyl sites for hydroxylation is 1. The molecule has 1 aromatic carbocycles. The summed E-state index contributed by atoms with van der Waals surface area (Å²) in [7, 11) is 0. The summed E-state index contributed by atoms with van der Waals surface area (Å²) in [6, 6.07) is 2.61. The highest BCUT2D eigenvalue weighted by Gasteiger charge is 2.16. The van der Waals surface area contributed by atoms with Gasteiger partial charge in [0.05, 0.1) is 19.3 Å². The van der Waals surface area contributed by atoms with Gasteiger partial charge in [-0.15, -0.1) is 0 Å². The molecule has 1 unspecified atom stereocenters. The van der Waals surface area contributed by atoms with Gasteiger partial charge in [-0.1, -0.05) is 6.07 Å². The van der Waals surface area contributed by atoms with Crippen LogP contribution in [-0.4, -0.2) is 55.5 Å².